The molecule has 1 heterocycles. The van der Waals surface area contributed by atoms with Crippen LogP contribution in [0.2, 0.25) is 0 Å². The Kier molecular flexibility index (Phi) is 5.75. The van der Waals surface area contributed by atoms with E-state index in [0.717, 1.165) is 0 Å². The van der Waals surface area contributed by atoms with E-state index in [-0.39, 0.29) is 17.9 Å². The maximum atomic E-state index is 14.0. The zero-order valence-corrected chi connectivity index (χ0v) is 17.2. The van der Waals surface area contributed by atoms with Gasteiger partial charge in [0.2, 0.25) is 5.60 Å². The predicted octanol–water partition coefficient (Wildman–Crippen LogP) is 3.97. The number of carbonyl (C=O) groups excluding carboxylic acids is 2. The first-order valence-electron chi connectivity index (χ1n) is 9.43. The largest absolute Gasteiger partial charge is 0.496 e. The van der Waals surface area contributed by atoms with Gasteiger partial charge in [-0.05, 0) is 35.2 Å². The number of para-hydroxylation sites is 1. The molecular weight excluding hydrogens is 415 g/mol. The van der Waals surface area contributed by atoms with Gasteiger partial charge in [-0.3, -0.25) is 4.79 Å². The van der Waals surface area contributed by atoms with Crippen LogP contribution >= 0.6 is 0 Å². The monoisotopic (exact) mass is 437 g/mol. The fourth-order valence-corrected chi connectivity index (χ4v) is 3.69. The van der Waals surface area contributed by atoms with Crippen LogP contribution in [-0.4, -0.2) is 35.9 Å². The van der Waals surface area contributed by atoms with Crippen molar-refractivity contribution >= 4 is 17.6 Å². The number of amides is 1. The molecule has 2 N–H and O–H groups in total. The number of methoxy groups -OCH3 is 1. The van der Waals surface area contributed by atoms with Crippen molar-refractivity contribution in [3.8, 4) is 5.75 Å². The number of ether oxygens (including phenoxy) is 2. The first kappa shape index (κ1) is 22.6. The number of carbonyl (C=O) groups is 2. The Morgan fingerprint density at radius 2 is 1.87 bits per heavy atom. The number of alkyl halides is 3. The number of aliphatic hydroxyl groups is 1. The molecule has 0 radical (unpaired) electrons. The normalized spacial score (nSPS) is 15.6. The van der Waals surface area contributed by atoms with Crippen LogP contribution in [0.25, 0.3) is 0 Å². The van der Waals surface area contributed by atoms with E-state index in [1.807, 2.05) is 0 Å². The van der Waals surface area contributed by atoms with Crippen LogP contribution in [0.5, 0.6) is 5.75 Å². The van der Waals surface area contributed by atoms with Gasteiger partial charge in [0, 0.05) is 17.7 Å². The quantitative estimate of drug-likeness (QED) is 0.669. The molecule has 1 amide bonds. The van der Waals surface area contributed by atoms with Crippen LogP contribution in [0, 0.1) is 0 Å². The number of fused-ring (bicyclic) bond motifs is 1. The van der Waals surface area contributed by atoms with E-state index in [2.05, 4.69) is 5.32 Å². The minimum Gasteiger partial charge on any atom is -0.496 e. The molecule has 0 spiro atoms. The van der Waals surface area contributed by atoms with Crippen molar-refractivity contribution in [1.29, 1.82) is 0 Å². The molecule has 3 rings (SSSR count). The maximum absolute atomic E-state index is 14.0. The standard InChI is InChI=1S/C22H22F3NO5/c1-20(2,16-6-4-5-7-17(16)30-3)12-21(29,22(23,24)25)19(28)26-14-8-9-15-13(10-14)11-31-18(15)27/h4-10,29H,11-12H2,1-3H3,(H,26,28). The van der Waals surface area contributed by atoms with Gasteiger partial charge < -0.3 is 19.9 Å². The highest BCUT2D eigenvalue weighted by atomic mass is 19.4. The second-order valence-corrected chi connectivity index (χ2v) is 8.02. The highest BCUT2D eigenvalue weighted by molar-refractivity contribution is 5.99. The molecule has 1 unspecified atom stereocenters. The van der Waals surface area contributed by atoms with Gasteiger partial charge >= 0.3 is 12.1 Å². The van der Waals surface area contributed by atoms with Crippen LogP contribution in [0.15, 0.2) is 42.5 Å². The number of rotatable bonds is 6. The van der Waals surface area contributed by atoms with E-state index in [1.54, 1.807) is 24.3 Å². The number of esters is 1. The number of halogens is 3. The Hall–Kier alpha value is -3.07. The number of hydrogen-bond acceptors (Lipinski definition) is 5. The van der Waals surface area contributed by atoms with Gasteiger partial charge in [-0.1, -0.05) is 32.0 Å². The Labute approximate surface area is 177 Å². The number of hydrogen-bond donors (Lipinski definition) is 2. The lowest BCUT2D eigenvalue weighted by atomic mass is 9.74. The van der Waals surface area contributed by atoms with E-state index in [4.69, 9.17) is 9.47 Å². The predicted molar refractivity (Wildman–Crippen MR) is 106 cm³/mol. The third-order valence-electron chi connectivity index (χ3n) is 5.32. The lowest BCUT2D eigenvalue weighted by molar-refractivity contribution is -0.254. The second-order valence-electron chi connectivity index (χ2n) is 8.02. The van der Waals surface area contributed by atoms with Crippen LogP contribution in [0.4, 0.5) is 18.9 Å². The summed E-state index contributed by atoms with van der Waals surface area (Å²) in [6, 6.07) is 10.5. The summed E-state index contributed by atoms with van der Waals surface area (Å²) in [5, 5.41) is 12.7. The first-order valence-corrected chi connectivity index (χ1v) is 9.43. The first-order chi connectivity index (χ1) is 14.4. The summed E-state index contributed by atoms with van der Waals surface area (Å²) in [6.07, 6.45) is -6.19. The molecule has 0 bridgehead atoms. The summed E-state index contributed by atoms with van der Waals surface area (Å²) >= 11 is 0. The van der Waals surface area contributed by atoms with Crippen molar-refractivity contribution in [1.82, 2.24) is 0 Å². The zero-order chi connectivity index (χ0) is 23.0. The fourth-order valence-electron chi connectivity index (χ4n) is 3.69. The molecule has 2 aromatic rings. The number of benzene rings is 2. The summed E-state index contributed by atoms with van der Waals surface area (Å²) < 4.78 is 51.9. The van der Waals surface area contributed by atoms with Crippen molar-refractivity contribution < 1.29 is 37.3 Å². The SMILES string of the molecule is COc1ccccc1C(C)(C)CC(O)(C(=O)Nc1ccc2c(c1)COC2=O)C(F)(F)F. The molecular formula is C22H22F3NO5. The lowest BCUT2D eigenvalue weighted by Crippen LogP contribution is -2.57. The molecule has 6 nitrogen and oxygen atoms in total. The van der Waals surface area contributed by atoms with Crippen LogP contribution in [0.3, 0.4) is 0 Å². The Bertz CT molecular complexity index is 1020. The minimum absolute atomic E-state index is 0.0137. The number of nitrogens with one attached hydrogen (secondary N) is 1. The van der Waals surface area contributed by atoms with E-state index < -0.39 is 35.5 Å². The highest BCUT2D eigenvalue weighted by Gasteiger charge is 2.61. The third kappa shape index (κ3) is 4.23. The van der Waals surface area contributed by atoms with Crippen molar-refractivity contribution in [2.24, 2.45) is 0 Å². The molecule has 9 heteroatoms. The molecule has 0 saturated carbocycles. The van der Waals surface area contributed by atoms with E-state index in [1.165, 1.54) is 39.2 Å². The zero-order valence-electron chi connectivity index (χ0n) is 17.2. The van der Waals surface area contributed by atoms with Gasteiger partial charge in [0.05, 0.1) is 12.7 Å². The van der Waals surface area contributed by atoms with Crippen molar-refractivity contribution in [2.45, 2.75) is 44.1 Å². The third-order valence-corrected chi connectivity index (χ3v) is 5.32. The lowest BCUT2D eigenvalue weighted by Gasteiger charge is -2.37. The van der Waals surface area contributed by atoms with E-state index in [0.29, 0.717) is 16.9 Å². The molecule has 1 aliphatic heterocycles. The molecule has 0 aromatic heterocycles. The Morgan fingerprint density at radius 1 is 1.19 bits per heavy atom. The number of cyclic esters (lactones) is 1. The Balaban J connectivity index is 1.91. The molecule has 0 saturated heterocycles. The molecule has 0 fully saturated rings. The van der Waals surface area contributed by atoms with Crippen LogP contribution in [0.1, 0.15) is 41.8 Å². The minimum atomic E-state index is -5.24. The highest BCUT2D eigenvalue weighted by Crippen LogP contribution is 2.44. The molecule has 166 valence electrons. The average molecular weight is 437 g/mol. The fraction of sp³-hybridized carbons (Fsp3) is 0.364. The number of anilines is 1. The van der Waals surface area contributed by atoms with Crippen molar-refractivity contribution in [2.75, 3.05) is 12.4 Å². The summed E-state index contributed by atoms with van der Waals surface area (Å²) in [6.45, 7) is 2.95. The molecule has 1 atom stereocenters. The molecule has 31 heavy (non-hydrogen) atoms. The topological polar surface area (TPSA) is 84.9 Å². The van der Waals surface area contributed by atoms with Gasteiger partial charge in [0.25, 0.3) is 5.91 Å². The van der Waals surface area contributed by atoms with Gasteiger partial charge in [-0.15, -0.1) is 0 Å². The maximum Gasteiger partial charge on any atom is 0.426 e. The molecule has 1 aliphatic rings. The van der Waals surface area contributed by atoms with Crippen molar-refractivity contribution in [3.63, 3.8) is 0 Å². The second kappa shape index (κ2) is 7.88. The van der Waals surface area contributed by atoms with E-state index in [9.17, 15) is 27.9 Å². The smallest absolute Gasteiger partial charge is 0.426 e. The van der Waals surface area contributed by atoms with Crippen molar-refractivity contribution in [3.05, 3.63) is 59.2 Å². The van der Waals surface area contributed by atoms with Gasteiger partial charge in [-0.2, -0.15) is 13.2 Å². The Morgan fingerprint density at radius 3 is 2.52 bits per heavy atom. The summed E-state index contributed by atoms with van der Waals surface area (Å²) in [5.74, 6) is -1.81. The summed E-state index contributed by atoms with van der Waals surface area (Å²) in [5.41, 5.74) is -3.80. The van der Waals surface area contributed by atoms with Crippen LogP contribution < -0.4 is 10.1 Å². The molecule has 2 aromatic carbocycles. The van der Waals surface area contributed by atoms with Gasteiger partial charge in [0.15, 0.2) is 0 Å². The van der Waals surface area contributed by atoms with Crippen LogP contribution in [-0.2, 0) is 21.6 Å². The summed E-state index contributed by atoms with van der Waals surface area (Å²) in [4.78, 5) is 24.2. The average Bonchev–Trinajstić information content (AvgIpc) is 3.06. The summed E-state index contributed by atoms with van der Waals surface area (Å²) in [7, 11) is 1.39. The van der Waals surface area contributed by atoms with E-state index >= 15 is 0 Å². The van der Waals surface area contributed by atoms with Gasteiger partial charge in [0.1, 0.15) is 12.4 Å². The van der Waals surface area contributed by atoms with Gasteiger partial charge in [-0.25, -0.2) is 4.79 Å². The molecule has 0 aliphatic carbocycles.